The summed E-state index contributed by atoms with van der Waals surface area (Å²) >= 11 is 7.34. The number of aromatic hydroxyl groups is 1. The summed E-state index contributed by atoms with van der Waals surface area (Å²) in [5.74, 6) is 1.38. The molecular formula is C24H26N4O3S2. The van der Waals surface area contributed by atoms with Gasteiger partial charge in [-0.25, -0.2) is 0 Å². The molecule has 1 aromatic heterocycles. The number of thioether (sulfide) groups is 1. The Morgan fingerprint density at radius 1 is 1.24 bits per heavy atom. The Kier molecular flexibility index (Phi) is 6.90. The van der Waals surface area contributed by atoms with E-state index in [2.05, 4.69) is 17.4 Å². The lowest BCUT2D eigenvalue weighted by Gasteiger charge is -2.37. The lowest BCUT2D eigenvalue weighted by molar-refractivity contribution is 0.372. The van der Waals surface area contributed by atoms with Crippen molar-refractivity contribution in [3.63, 3.8) is 0 Å². The molecule has 0 saturated heterocycles. The van der Waals surface area contributed by atoms with E-state index in [-0.39, 0.29) is 11.8 Å². The molecule has 0 amide bonds. The number of phenols is 1. The second-order valence-corrected chi connectivity index (χ2v) is 8.88. The van der Waals surface area contributed by atoms with Crippen LogP contribution in [0.5, 0.6) is 11.5 Å². The first-order valence-electron chi connectivity index (χ1n) is 10.6. The summed E-state index contributed by atoms with van der Waals surface area (Å²) in [5.41, 5.74) is 3.45. The van der Waals surface area contributed by atoms with Crippen LogP contribution < -0.4 is 10.1 Å². The van der Waals surface area contributed by atoms with Crippen molar-refractivity contribution in [1.82, 2.24) is 20.4 Å². The van der Waals surface area contributed by atoms with Crippen molar-refractivity contribution in [2.75, 3.05) is 19.9 Å². The minimum Gasteiger partial charge on any atom is -0.504 e. The highest BCUT2D eigenvalue weighted by Crippen LogP contribution is 2.39. The smallest absolute Gasteiger partial charge is 0.258 e. The van der Waals surface area contributed by atoms with Crippen LogP contribution in [0.4, 0.5) is 0 Å². The number of allylic oxidation sites excluding steroid dienone is 1. The van der Waals surface area contributed by atoms with E-state index in [0.717, 1.165) is 35.4 Å². The zero-order chi connectivity index (χ0) is 23.5. The average molecular weight is 483 g/mol. The number of aromatic nitrogens is 2. The van der Waals surface area contributed by atoms with Crippen LogP contribution in [0.25, 0.3) is 17.0 Å². The molecule has 7 nitrogen and oxygen atoms in total. The second kappa shape index (κ2) is 9.84. The van der Waals surface area contributed by atoms with Gasteiger partial charge in [0.1, 0.15) is 0 Å². The second-order valence-electron chi connectivity index (χ2n) is 7.62. The van der Waals surface area contributed by atoms with Gasteiger partial charge < -0.3 is 24.6 Å². The number of nitrogens with zero attached hydrogens (tertiary/aromatic N) is 3. The molecule has 0 radical (unpaired) electrons. The van der Waals surface area contributed by atoms with Crippen molar-refractivity contribution >= 4 is 34.7 Å². The van der Waals surface area contributed by atoms with Gasteiger partial charge in [0.25, 0.3) is 5.89 Å². The molecule has 2 aromatic carbocycles. The summed E-state index contributed by atoms with van der Waals surface area (Å²) in [6, 6.07) is 13.0. The van der Waals surface area contributed by atoms with Gasteiger partial charge in [-0.05, 0) is 73.8 Å². The maximum absolute atomic E-state index is 10.4. The van der Waals surface area contributed by atoms with E-state index in [9.17, 15) is 5.11 Å². The van der Waals surface area contributed by atoms with Crippen molar-refractivity contribution in [2.24, 2.45) is 0 Å². The first-order chi connectivity index (χ1) is 16.0. The van der Waals surface area contributed by atoms with Crippen LogP contribution in [0.2, 0.25) is 0 Å². The summed E-state index contributed by atoms with van der Waals surface area (Å²) < 4.78 is 11.0. The van der Waals surface area contributed by atoms with Crippen LogP contribution in [0.15, 0.2) is 57.6 Å². The molecule has 2 N–H and O–H groups in total. The van der Waals surface area contributed by atoms with Gasteiger partial charge in [0.05, 0.1) is 18.7 Å². The fraction of sp³-hybridized carbons (Fsp3) is 0.292. The number of rotatable bonds is 7. The first-order valence-corrected chi connectivity index (χ1v) is 12.2. The monoisotopic (exact) mass is 482 g/mol. The number of ether oxygens (including phenoxy) is 1. The number of thiocarbonyl (C=S) groups is 1. The Morgan fingerprint density at radius 2 is 2.00 bits per heavy atom. The minimum atomic E-state index is -0.366. The third kappa shape index (κ3) is 4.56. The van der Waals surface area contributed by atoms with Crippen molar-refractivity contribution < 1.29 is 14.4 Å². The molecule has 1 unspecified atom stereocenters. The van der Waals surface area contributed by atoms with Crippen LogP contribution in [0, 0.1) is 0 Å². The van der Waals surface area contributed by atoms with Gasteiger partial charge in [0.15, 0.2) is 16.6 Å². The van der Waals surface area contributed by atoms with Crippen molar-refractivity contribution in [2.45, 2.75) is 31.2 Å². The maximum atomic E-state index is 10.4. The molecule has 33 heavy (non-hydrogen) atoms. The first kappa shape index (κ1) is 23.1. The molecular weight excluding hydrogens is 456 g/mol. The quantitative estimate of drug-likeness (QED) is 0.347. The van der Waals surface area contributed by atoms with Crippen molar-refractivity contribution in [1.29, 1.82) is 0 Å². The molecule has 172 valence electrons. The topological polar surface area (TPSA) is 83.7 Å². The van der Waals surface area contributed by atoms with Crippen molar-refractivity contribution in [3.8, 4) is 22.9 Å². The van der Waals surface area contributed by atoms with Crippen LogP contribution >= 0.6 is 24.0 Å². The minimum absolute atomic E-state index is 0.0517. The Morgan fingerprint density at radius 3 is 2.64 bits per heavy atom. The van der Waals surface area contributed by atoms with Gasteiger partial charge in [-0.2, -0.15) is 4.98 Å². The molecule has 2 heterocycles. The van der Waals surface area contributed by atoms with E-state index >= 15 is 0 Å². The lowest BCUT2D eigenvalue weighted by atomic mass is 9.94. The predicted molar refractivity (Wildman–Crippen MR) is 134 cm³/mol. The van der Waals surface area contributed by atoms with E-state index in [4.69, 9.17) is 26.5 Å². The Bertz CT molecular complexity index is 1190. The summed E-state index contributed by atoms with van der Waals surface area (Å²) in [6.45, 7) is 4.87. The van der Waals surface area contributed by atoms with Gasteiger partial charge in [0.2, 0.25) is 5.82 Å². The summed E-state index contributed by atoms with van der Waals surface area (Å²) in [7, 11) is 1.52. The Balaban J connectivity index is 1.79. The van der Waals surface area contributed by atoms with Crippen LogP contribution in [-0.4, -0.2) is 45.2 Å². The van der Waals surface area contributed by atoms with E-state index < -0.39 is 0 Å². The molecule has 0 spiro atoms. The van der Waals surface area contributed by atoms with Crippen LogP contribution in [0.1, 0.15) is 37.8 Å². The number of hydrogen-bond acceptors (Lipinski definition) is 7. The largest absolute Gasteiger partial charge is 0.504 e. The van der Waals surface area contributed by atoms with Crippen molar-refractivity contribution in [3.05, 3.63) is 59.6 Å². The maximum Gasteiger partial charge on any atom is 0.258 e. The standard InChI is InChI=1S/C24H26N4O3S2/c1-5-12-28-14(2)20(21(25-24(28)32)16-8-11-19(30-3)18(29)13-16)23-26-22(27-31-23)15-6-9-17(33-4)10-7-15/h6-11,13,21,29H,5,12H2,1-4H3,(H,25,32). The molecule has 0 fully saturated rings. The van der Waals surface area contributed by atoms with E-state index in [1.54, 1.807) is 23.9 Å². The van der Waals surface area contributed by atoms with E-state index in [0.29, 0.717) is 22.6 Å². The summed E-state index contributed by atoms with van der Waals surface area (Å²) in [4.78, 5) is 7.93. The Hall–Kier alpha value is -3.04. The Labute approximate surface area is 202 Å². The molecule has 9 heteroatoms. The van der Waals surface area contributed by atoms with Crippen LogP contribution in [0.3, 0.4) is 0 Å². The number of benzene rings is 2. The summed E-state index contributed by atoms with van der Waals surface area (Å²) in [6.07, 6.45) is 2.97. The number of nitrogens with one attached hydrogen (secondary N) is 1. The third-order valence-electron chi connectivity index (χ3n) is 5.58. The third-order valence-corrected chi connectivity index (χ3v) is 6.67. The molecule has 1 atom stereocenters. The van der Waals surface area contributed by atoms with Gasteiger partial charge in [0, 0.05) is 22.7 Å². The average Bonchev–Trinajstić information content (AvgIpc) is 3.31. The molecule has 1 aliphatic rings. The van der Waals surface area contributed by atoms with E-state index in [1.807, 2.05) is 48.4 Å². The SMILES string of the molecule is CCCN1C(=S)NC(c2ccc(OC)c(O)c2)C(c2nc(-c3ccc(SC)cc3)no2)=C1C. The molecule has 4 rings (SSSR count). The zero-order valence-corrected chi connectivity index (χ0v) is 20.6. The molecule has 0 bridgehead atoms. The van der Waals surface area contributed by atoms with Gasteiger partial charge in [-0.1, -0.05) is 18.1 Å². The highest BCUT2D eigenvalue weighted by molar-refractivity contribution is 7.98. The highest BCUT2D eigenvalue weighted by Gasteiger charge is 2.34. The number of methoxy groups -OCH3 is 1. The fourth-order valence-corrected chi connectivity index (χ4v) is 4.63. The number of phenolic OH excluding ortho intramolecular Hbond substituents is 1. The fourth-order valence-electron chi connectivity index (χ4n) is 3.88. The van der Waals surface area contributed by atoms with Gasteiger partial charge >= 0.3 is 0 Å². The van der Waals surface area contributed by atoms with Crippen LogP contribution in [-0.2, 0) is 0 Å². The predicted octanol–water partition coefficient (Wildman–Crippen LogP) is 5.25. The normalized spacial score (nSPS) is 16.2. The summed E-state index contributed by atoms with van der Waals surface area (Å²) in [5, 5.41) is 18.6. The molecule has 1 aliphatic heterocycles. The lowest BCUT2D eigenvalue weighted by Crippen LogP contribution is -2.46. The highest BCUT2D eigenvalue weighted by atomic mass is 32.2. The molecule has 3 aromatic rings. The molecule has 0 aliphatic carbocycles. The number of hydrogen-bond donors (Lipinski definition) is 2. The van der Waals surface area contributed by atoms with Gasteiger partial charge in [-0.15, -0.1) is 11.8 Å². The van der Waals surface area contributed by atoms with Gasteiger partial charge in [-0.3, -0.25) is 0 Å². The molecule has 0 saturated carbocycles. The van der Waals surface area contributed by atoms with E-state index in [1.165, 1.54) is 12.0 Å². The zero-order valence-electron chi connectivity index (χ0n) is 19.0.